The molecule has 1 aromatic carbocycles. The highest BCUT2D eigenvalue weighted by molar-refractivity contribution is 6.04. The standard InChI is InChI=1S/C15H14N2O2/c1-3-9-17(4-2)14-11-7-5-6-8-13(11)16-10-12(14)15(18)19/h1,5-8,10H,4,9H2,2H3,(H,18,19). The number of hydrogen-bond donors (Lipinski definition) is 1. The smallest absolute Gasteiger partial charge is 0.339 e. The molecule has 4 heteroatoms. The molecule has 0 unspecified atom stereocenters. The van der Waals surface area contributed by atoms with Gasteiger partial charge in [0.25, 0.3) is 0 Å². The third-order valence-electron chi connectivity index (χ3n) is 2.96. The Morgan fingerprint density at radius 1 is 1.47 bits per heavy atom. The lowest BCUT2D eigenvalue weighted by Gasteiger charge is -2.23. The highest BCUT2D eigenvalue weighted by Crippen LogP contribution is 2.29. The van der Waals surface area contributed by atoms with Gasteiger partial charge in [-0.1, -0.05) is 24.1 Å². The van der Waals surface area contributed by atoms with Gasteiger partial charge in [-0.05, 0) is 13.0 Å². The van der Waals surface area contributed by atoms with Gasteiger partial charge in [-0.25, -0.2) is 4.79 Å². The molecule has 0 atom stereocenters. The van der Waals surface area contributed by atoms with Crippen molar-refractivity contribution < 1.29 is 9.90 Å². The Hall–Kier alpha value is -2.54. The van der Waals surface area contributed by atoms with Gasteiger partial charge in [0.15, 0.2) is 0 Å². The predicted octanol–water partition coefficient (Wildman–Crippen LogP) is 2.39. The molecular formula is C15H14N2O2. The molecule has 0 amide bonds. The molecule has 0 bridgehead atoms. The van der Waals surface area contributed by atoms with E-state index in [4.69, 9.17) is 6.42 Å². The van der Waals surface area contributed by atoms with Crippen LogP contribution in [-0.4, -0.2) is 29.1 Å². The molecule has 0 aliphatic rings. The SMILES string of the molecule is C#CCN(CC)c1c(C(=O)O)cnc2ccccc12. The summed E-state index contributed by atoms with van der Waals surface area (Å²) in [5.41, 5.74) is 1.58. The number of aromatic nitrogens is 1. The van der Waals surface area contributed by atoms with Crippen LogP contribution in [0.1, 0.15) is 17.3 Å². The van der Waals surface area contributed by atoms with Crippen molar-refractivity contribution in [1.29, 1.82) is 0 Å². The summed E-state index contributed by atoms with van der Waals surface area (Å²) >= 11 is 0. The van der Waals surface area contributed by atoms with Crippen LogP contribution in [0.5, 0.6) is 0 Å². The second-order valence-electron chi connectivity index (χ2n) is 4.06. The van der Waals surface area contributed by atoms with Crippen LogP contribution in [0.2, 0.25) is 0 Å². The van der Waals surface area contributed by atoms with Gasteiger partial charge in [-0.15, -0.1) is 6.42 Å². The summed E-state index contributed by atoms with van der Waals surface area (Å²) < 4.78 is 0. The fourth-order valence-corrected chi connectivity index (χ4v) is 2.08. The quantitative estimate of drug-likeness (QED) is 0.851. The predicted molar refractivity (Wildman–Crippen MR) is 75.4 cm³/mol. The van der Waals surface area contributed by atoms with E-state index >= 15 is 0 Å². The molecular weight excluding hydrogens is 240 g/mol. The molecule has 4 nitrogen and oxygen atoms in total. The number of anilines is 1. The lowest BCUT2D eigenvalue weighted by molar-refractivity contribution is 0.0697. The topological polar surface area (TPSA) is 53.4 Å². The summed E-state index contributed by atoms with van der Waals surface area (Å²) in [6, 6.07) is 7.46. The van der Waals surface area contributed by atoms with E-state index in [1.54, 1.807) is 0 Å². The Bertz CT molecular complexity index is 659. The van der Waals surface area contributed by atoms with E-state index in [-0.39, 0.29) is 5.56 Å². The fourth-order valence-electron chi connectivity index (χ4n) is 2.08. The lowest BCUT2D eigenvalue weighted by Crippen LogP contribution is -2.25. The minimum atomic E-state index is -0.997. The molecule has 0 saturated carbocycles. The van der Waals surface area contributed by atoms with E-state index in [0.717, 1.165) is 10.9 Å². The van der Waals surface area contributed by atoms with E-state index in [2.05, 4.69) is 10.9 Å². The van der Waals surface area contributed by atoms with Gasteiger partial charge in [0, 0.05) is 18.1 Å². The number of pyridine rings is 1. The first-order valence-electron chi connectivity index (χ1n) is 5.98. The molecule has 0 radical (unpaired) electrons. The zero-order valence-corrected chi connectivity index (χ0v) is 10.6. The van der Waals surface area contributed by atoms with Crippen molar-refractivity contribution in [3.8, 4) is 12.3 Å². The fraction of sp³-hybridized carbons (Fsp3) is 0.200. The zero-order chi connectivity index (χ0) is 13.8. The first-order valence-corrected chi connectivity index (χ1v) is 5.98. The van der Waals surface area contributed by atoms with E-state index in [9.17, 15) is 9.90 Å². The number of carboxylic acid groups (broad SMARTS) is 1. The highest BCUT2D eigenvalue weighted by Gasteiger charge is 2.18. The summed E-state index contributed by atoms with van der Waals surface area (Å²) in [6.07, 6.45) is 6.75. The van der Waals surface area contributed by atoms with Crippen LogP contribution in [-0.2, 0) is 0 Å². The van der Waals surface area contributed by atoms with Crippen LogP contribution in [0, 0.1) is 12.3 Å². The second-order valence-corrected chi connectivity index (χ2v) is 4.06. The molecule has 0 saturated heterocycles. The third kappa shape index (κ3) is 2.36. The normalized spacial score (nSPS) is 10.1. The summed E-state index contributed by atoms with van der Waals surface area (Å²) in [6.45, 7) is 2.95. The summed E-state index contributed by atoms with van der Waals surface area (Å²) in [4.78, 5) is 17.4. The largest absolute Gasteiger partial charge is 0.478 e. The maximum Gasteiger partial charge on any atom is 0.339 e. The minimum absolute atomic E-state index is 0.177. The highest BCUT2D eigenvalue weighted by atomic mass is 16.4. The van der Waals surface area contributed by atoms with Gasteiger partial charge in [0.1, 0.15) is 5.56 Å². The zero-order valence-electron chi connectivity index (χ0n) is 10.6. The first-order chi connectivity index (χ1) is 9.19. The molecule has 0 spiro atoms. The van der Waals surface area contributed by atoms with Crippen LogP contribution in [0.15, 0.2) is 30.5 Å². The molecule has 96 valence electrons. The molecule has 19 heavy (non-hydrogen) atoms. The first kappa shape index (κ1) is 12.9. The Morgan fingerprint density at radius 3 is 2.84 bits per heavy atom. The number of para-hydroxylation sites is 1. The van der Waals surface area contributed by atoms with Crippen molar-refractivity contribution in [3.05, 3.63) is 36.0 Å². The van der Waals surface area contributed by atoms with Gasteiger partial charge < -0.3 is 10.0 Å². The van der Waals surface area contributed by atoms with Gasteiger partial charge in [-0.2, -0.15) is 0 Å². The molecule has 1 aromatic heterocycles. The van der Waals surface area contributed by atoms with Crippen LogP contribution < -0.4 is 4.90 Å². The minimum Gasteiger partial charge on any atom is -0.478 e. The molecule has 0 aliphatic heterocycles. The number of benzene rings is 1. The van der Waals surface area contributed by atoms with Crippen LogP contribution >= 0.6 is 0 Å². The lowest BCUT2D eigenvalue weighted by atomic mass is 10.1. The molecule has 1 heterocycles. The average molecular weight is 254 g/mol. The maximum atomic E-state index is 11.4. The summed E-state index contributed by atoms with van der Waals surface area (Å²) in [5, 5.41) is 10.1. The Balaban J connectivity index is 2.75. The Labute approximate surface area is 111 Å². The van der Waals surface area contributed by atoms with Crippen molar-refractivity contribution in [2.24, 2.45) is 0 Å². The van der Waals surface area contributed by atoms with Crippen molar-refractivity contribution in [2.75, 3.05) is 18.0 Å². The second kappa shape index (κ2) is 5.40. The van der Waals surface area contributed by atoms with E-state index in [0.29, 0.717) is 18.8 Å². The Kier molecular flexibility index (Phi) is 3.67. The number of nitrogens with zero attached hydrogens (tertiary/aromatic N) is 2. The monoisotopic (exact) mass is 254 g/mol. The molecule has 2 aromatic rings. The average Bonchev–Trinajstić information content (AvgIpc) is 2.43. The number of terminal acetylenes is 1. The number of fused-ring (bicyclic) bond motifs is 1. The van der Waals surface area contributed by atoms with Crippen molar-refractivity contribution in [3.63, 3.8) is 0 Å². The van der Waals surface area contributed by atoms with E-state index in [1.807, 2.05) is 36.1 Å². The van der Waals surface area contributed by atoms with E-state index in [1.165, 1.54) is 6.20 Å². The number of carboxylic acids is 1. The maximum absolute atomic E-state index is 11.4. The van der Waals surface area contributed by atoms with Gasteiger partial charge >= 0.3 is 5.97 Å². The summed E-state index contributed by atoms with van der Waals surface area (Å²) in [5.74, 6) is 1.56. The number of carbonyl (C=O) groups is 1. The van der Waals surface area contributed by atoms with Crippen molar-refractivity contribution >= 4 is 22.6 Å². The molecule has 0 fully saturated rings. The van der Waals surface area contributed by atoms with Crippen LogP contribution in [0.3, 0.4) is 0 Å². The third-order valence-corrected chi connectivity index (χ3v) is 2.96. The Morgan fingerprint density at radius 2 is 2.21 bits per heavy atom. The van der Waals surface area contributed by atoms with Gasteiger partial charge in [0.05, 0.1) is 17.7 Å². The van der Waals surface area contributed by atoms with Crippen molar-refractivity contribution in [2.45, 2.75) is 6.92 Å². The van der Waals surface area contributed by atoms with Crippen LogP contribution in [0.25, 0.3) is 10.9 Å². The number of hydrogen-bond acceptors (Lipinski definition) is 3. The van der Waals surface area contributed by atoms with Gasteiger partial charge in [0.2, 0.25) is 0 Å². The number of rotatable bonds is 4. The van der Waals surface area contributed by atoms with Gasteiger partial charge in [-0.3, -0.25) is 4.98 Å². The van der Waals surface area contributed by atoms with E-state index < -0.39 is 5.97 Å². The number of aromatic carboxylic acids is 1. The van der Waals surface area contributed by atoms with Crippen molar-refractivity contribution in [1.82, 2.24) is 4.98 Å². The molecule has 2 rings (SSSR count). The molecule has 0 aliphatic carbocycles. The molecule has 1 N–H and O–H groups in total. The van der Waals surface area contributed by atoms with Crippen LogP contribution in [0.4, 0.5) is 5.69 Å². The summed E-state index contributed by atoms with van der Waals surface area (Å²) in [7, 11) is 0.